The van der Waals surface area contributed by atoms with Gasteiger partial charge < -0.3 is 10.1 Å². The quantitative estimate of drug-likeness (QED) is 0.554. The van der Waals surface area contributed by atoms with E-state index in [1.165, 1.54) is 24.0 Å². The van der Waals surface area contributed by atoms with E-state index in [1.807, 2.05) is 12.1 Å². The molecule has 4 aliphatic rings. The number of allylic oxidation sites excluding steroid dienone is 1. The Kier molecular flexibility index (Phi) is 6.42. The number of hydrogen-bond donors (Lipinski definition) is 1. The monoisotopic (exact) mass is 513 g/mol. The fourth-order valence-corrected chi connectivity index (χ4v) is 7.17. The summed E-state index contributed by atoms with van der Waals surface area (Å²) in [5, 5.41) is 3.10. The van der Waals surface area contributed by atoms with Gasteiger partial charge in [0.25, 0.3) is 0 Å². The number of benzene rings is 1. The smallest absolute Gasteiger partial charge is 0.235 e. The zero-order valence-corrected chi connectivity index (χ0v) is 22.9. The van der Waals surface area contributed by atoms with Gasteiger partial charge in [0.05, 0.1) is 17.3 Å². The molecule has 0 radical (unpaired) electrons. The number of nitrogens with one attached hydrogen (secondary N) is 1. The third-order valence-electron chi connectivity index (χ3n) is 9.22. The van der Waals surface area contributed by atoms with Crippen LogP contribution in [0.1, 0.15) is 74.8 Å². The maximum Gasteiger partial charge on any atom is 0.235 e. The lowest BCUT2D eigenvalue weighted by Gasteiger charge is -2.43. The van der Waals surface area contributed by atoms with Gasteiger partial charge in [0, 0.05) is 18.7 Å². The number of aryl methyl sites for hydroxylation is 2. The SMILES string of the molecule is Cc1ccc2c(c1)C1(CCN(CCOc3cnc4c(c3)CCC(=O)C(CC3CC(C)(C)C3)=C4)CC1)C(=O)N2. The summed E-state index contributed by atoms with van der Waals surface area (Å²) in [7, 11) is 0. The number of ether oxygens (including phenoxy) is 1. The van der Waals surface area contributed by atoms with Crippen molar-refractivity contribution < 1.29 is 14.3 Å². The number of nitrogens with zero attached hydrogens (tertiary/aromatic N) is 2. The lowest BCUT2D eigenvalue weighted by Crippen LogP contribution is -2.47. The van der Waals surface area contributed by atoms with Crippen molar-refractivity contribution in [1.82, 2.24) is 9.88 Å². The van der Waals surface area contributed by atoms with E-state index in [2.05, 4.69) is 54.2 Å². The van der Waals surface area contributed by atoms with Crippen molar-refractivity contribution in [3.63, 3.8) is 0 Å². The van der Waals surface area contributed by atoms with Gasteiger partial charge in [-0.25, -0.2) is 0 Å². The van der Waals surface area contributed by atoms with Crippen LogP contribution in [0, 0.1) is 18.3 Å². The second-order valence-corrected chi connectivity index (χ2v) is 12.7. The number of aromatic nitrogens is 1. The minimum Gasteiger partial charge on any atom is -0.491 e. The molecule has 0 atom stereocenters. The third-order valence-corrected chi connectivity index (χ3v) is 9.22. The number of hydrogen-bond acceptors (Lipinski definition) is 5. The van der Waals surface area contributed by atoms with Gasteiger partial charge in [-0.05, 0) is 105 Å². The molecule has 2 aliphatic carbocycles. The number of carbonyl (C=O) groups is 2. The van der Waals surface area contributed by atoms with Gasteiger partial charge in [-0.1, -0.05) is 31.5 Å². The number of piperidine rings is 1. The summed E-state index contributed by atoms with van der Waals surface area (Å²) in [6.45, 7) is 9.84. The lowest BCUT2D eigenvalue weighted by atomic mass is 9.62. The molecule has 6 nitrogen and oxygen atoms in total. The number of likely N-dealkylation sites (tertiary alicyclic amines) is 1. The number of amides is 1. The van der Waals surface area contributed by atoms with Gasteiger partial charge in [0.1, 0.15) is 12.4 Å². The van der Waals surface area contributed by atoms with Gasteiger partial charge in [0.15, 0.2) is 5.78 Å². The highest BCUT2D eigenvalue weighted by molar-refractivity contribution is 6.06. The molecule has 2 aromatic rings. The van der Waals surface area contributed by atoms with E-state index in [9.17, 15) is 9.59 Å². The number of anilines is 1. The fraction of sp³-hybridized carbons (Fsp3) is 0.531. The van der Waals surface area contributed by atoms with Crippen LogP contribution >= 0.6 is 0 Å². The molecule has 1 saturated heterocycles. The second-order valence-electron chi connectivity index (χ2n) is 12.7. The Balaban J connectivity index is 1.03. The molecule has 2 aliphatic heterocycles. The molecule has 1 spiro atoms. The van der Waals surface area contributed by atoms with E-state index in [4.69, 9.17) is 4.74 Å². The Labute approximate surface area is 225 Å². The predicted molar refractivity (Wildman–Crippen MR) is 149 cm³/mol. The average molecular weight is 514 g/mol. The van der Waals surface area contributed by atoms with E-state index in [0.29, 0.717) is 30.8 Å². The van der Waals surface area contributed by atoms with Crippen molar-refractivity contribution in [2.24, 2.45) is 11.3 Å². The number of ketones is 1. The number of pyridine rings is 1. The van der Waals surface area contributed by atoms with E-state index in [1.54, 1.807) is 6.20 Å². The highest BCUT2D eigenvalue weighted by Crippen LogP contribution is 2.48. The van der Waals surface area contributed by atoms with Crippen molar-refractivity contribution in [3.8, 4) is 5.75 Å². The molecule has 0 bridgehead atoms. The summed E-state index contributed by atoms with van der Waals surface area (Å²) in [6.07, 6.45) is 10.0. The molecule has 6 rings (SSSR count). The topological polar surface area (TPSA) is 71.5 Å². The van der Waals surface area contributed by atoms with Crippen molar-refractivity contribution in [1.29, 1.82) is 0 Å². The summed E-state index contributed by atoms with van der Waals surface area (Å²) >= 11 is 0. The Morgan fingerprint density at radius 1 is 1.11 bits per heavy atom. The number of rotatable bonds is 6. The van der Waals surface area contributed by atoms with Crippen molar-refractivity contribution in [3.05, 3.63) is 58.4 Å². The summed E-state index contributed by atoms with van der Waals surface area (Å²) < 4.78 is 6.10. The maximum atomic E-state index is 12.9. The van der Waals surface area contributed by atoms with Crippen LogP contribution in [0.4, 0.5) is 5.69 Å². The van der Waals surface area contributed by atoms with Crippen molar-refractivity contribution in [2.45, 2.75) is 71.1 Å². The van der Waals surface area contributed by atoms with Gasteiger partial charge in [-0.2, -0.15) is 0 Å². The zero-order chi connectivity index (χ0) is 26.5. The molecular weight excluding hydrogens is 474 g/mol. The Hall–Kier alpha value is -2.99. The van der Waals surface area contributed by atoms with E-state index in [0.717, 1.165) is 67.2 Å². The first-order chi connectivity index (χ1) is 18.2. The van der Waals surface area contributed by atoms with Gasteiger partial charge in [-0.3, -0.25) is 19.5 Å². The minimum absolute atomic E-state index is 0.150. The molecule has 0 unspecified atom stereocenters. The largest absolute Gasteiger partial charge is 0.491 e. The van der Waals surface area contributed by atoms with E-state index >= 15 is 0 Å². The minimum atomic E-state index is -0.391. The van der Waals surface area contributed by atoms with Crippen LogP contribution in [0.15, 0.2) is 36.0 Å². The summed E-state index contributed by atoms with van der Waals surface area (Å²) in [5.41, 5.74) is 6.34. The molecule has 200 valence electrons. The summed E-state index contributed by atoms with van der Waals surface area (Å²) in [5.74, 6) is 1.81. The number of fused-ring (bicyclic) bond motifs is 3. The van der Waals surface area contributed by atoms with E-state index < -0.39 is 5.41 Å². The standard InChI is InChI=1S/C32H39N3O3/c1-21-4-6-27-26(14-21)32(30(37)34-27)8-10-35(11-9-32)12-13-38-25-16-23-5-7-29(36)24(17-28(23)33-20-25)15-22-18-31(2,3)19-22/h4,6,14,16-17,20,22H,5,7-13,15,18-19H2,1-3H3,(H,34,37). The Morgan fingerprint density at radius 2 is 1.89 bits per heavy atom. The first-order valence-electron chi connectivity index (χ1n) is 14.2. The Morgan fingerprint density at radius 3 is 2.66 bits per heavy atom. The third kappa shape index (κ3) is 4.79. The summed E-state index contributed by atoms with van der Waals surface area (Å²) in [4.78, 5) is 32.8. The highest BCUT2D eigenvalue weighted by Gasteiger charge is 2.48. The molecule has 2 fully saturated rings. The summed E-state index contributed by atoms with van der Waals surface area (Å²) in [6, 6.07) is 8.34. The molecule has 1 saturated carbocycles. The van der Waals surface area contributed by atoms with Crippen LogP contribution in [-0.2, 0) is 21.4 Å². The molecule has 1 amide bonds. The van der Waals surface area contributed by atoms with Crippen LogP contribution in [-0.4, -0.2) is 47.8 Å². The van der Waals surface area contributed by atoms with Gasteiger partial charge >= 0.3 is 0 Å². The first-order valence-corrected chi connectivity index (χ1v) is 14.2. The fourth-order valence-electron chi connectivity index (χ4n) is 7.17. The maximum absolute atomic E-state index is 12.9. The van der Waals surface area contributed by atoms with Crippen LogP contribution in [0.2, 0.25) is 0 Å². The first kappa shape index (κ1) is 25.3. The van der Waals surface area contributed by atoms with Crippen LogP contribution < -0.4 is 10.1 Å². The lowest BCUT2D eigenvalue weighted by molar-refractivity contribution is -0.122. The molecule has 6 heteroatoms. The predicted octanol–water partition coefficient (Wildman–Crippen LogP) is 5.48. The number of Topliss-reactive ketones (excluding diaryl/α,β-unsaturated/α-hetero) is 1. The normalized spacial score (nSPS) is 22.2. The van der Waals surface area contributed by atoms with Crippen LogP contribution in [0.3, 0.4) is 0 Å². The van der Waals surface area contributed by atoms with Crippen LogP contribution in [0.25, 0.3) is 6.08 Å². The van der Waals surface area contributed by atoms with E-state index in [-0.39, 0.29) is 11.7 Å². The second kappa shape index (κ2) is 9.64. The van der Waals surface area contributed by atoms with Crippen molar-refractivity contribution in [2.75, 3.05) is 31.6 Å². The average Bonchev–Trinajstić information content (AvgIpc) is 3.02. The molecule has 38 heavy (non-hydrogen) atoms. The molecular formula is C32H39N3O3. The zero-order valence-electron chi connectivity index (χ0n) is 22.9. The molecule has 3 heterocycles. The van der Waals surface area contributed by atoms with Gasteiger partial charge in [-0.15, -0.1) is 0 Å². The highest BCUT2D eigenvalue weighted by atomic mass is 16.5. The molecule has 1 N–H and O–H groups in total. The molecule has 1 aromatic carbocycles. The van der Waals surface area contributed by atoms with Crippen LogP contribution in [0.5, 0.6) is 5.75 Å². The van der Waals surface area contributed by atoms with Gasteiger partial charge in [0.2, 0.25) is 5.91 Å². The molecule has 1 aromatic heterocycles. The Bertz CT molecular complexity index is 1300. The number of carbonyl (C=O) groups excluding carboxylic acids is 2. The van der Waals surface area contributed by atoms with Crippen molar-refractivity contribution >= 4 is 23.5 Å².